The van der Waals surface area contributed by atoms with Crippen LogP contribution in [0.4, 0.5) is 4.39 Å². The van der Waals surface area contributed by atoms with Crippen LogP contribution in [0.5, 0.6) is 5.75 Å². The van der Waals surface area contributed by atoms with Crippen LogP contribution < -0.4 is 5.73 Å². The first-order valence-electron chi connectivity index (χ1n) is 5.92. The predicted molar refractivity (Wildman–Crippen MR) is 65.3 cm³/mol. The summed E-state index contributed by atoms with van der Waals surface area (Å²) in [6.07, 6.45) is 0.854. The molecule has 1 heterocycles. The average molecular weight is 238 g/mol. The normalized spacial score (nSPS) is 25.4. The van der Waals surface area contributed by atoms with E-state index in [9.17, 15) is 9.50 Å². The van der Waals surface area contributed by atoms with Gasteiger partial charge in [0.05, 0.1) is 0 Å². The summed E-state index contributed by atoms with van der Waals surface area (Å²) in [5.41, 5.74) is 6.74. The van der Waals surface area contributed by atoms with Gasteiger partial charge in [0.25, 0.3) is 0 Å². The standard InChI is InChI=1S/C13H19FN2O/c1-8-3-10(17)5-11(13(8)14)12-4-9(6-15)7-16(12)2/h3,5,9,12,17H,4,6-7,15H2,1-2H3. The topological polar surface area (TPSA) is 49.5 Å². The first-order chi connectivity index (χ1) is 8.02. The molecule has 0 aromatic heterocycles. The molecule has 0 aliphatic carbocycles. The van der Waals surface area contributed by atoms with E-state index in [1.165, 1.54) is 12.1 Å². The molecule has 0 spiro atoms. The molecule has 3 nitrogen and oxygen atoms in total. The first-order valence-corrected chi connectivity index (χ1v) is 5.92. The number of hydrogen-bond acceptors (Lipinski definition) is 3. The highest BCUT2D eigenvalue weighted by Crippen LogP contribution is 2.37. The van der Waals surface area contributed by atoms with Crippen molar-refractivity contribution in [2.75, 3.05) is 20.1 Å². The number of phenols is 1. The fourth-order valence-corrected chi connectivity index (χ4v) is 2.66. The second-order valence-corrected chi connectivity index (χ2v) is 4.96. The molecule has 1 aromatic rings. The molecule has 2 unspecified atom stereocenters. The molecule has 3 N–H and O–H groups in total. The molecule has 0 amide bonds. The van der Waals surface area contributed by atoms with Crippen molar-refractivity contribution in [1.82, 2.24) is 4.90 Å². The first kappa shape index (κ1) is 12.3. The molecule has 4 heteroatoms. The van der Waals surface area contributed by atoms with Gasteiger partial charge in [0.2, 0.25) is 0 Å². The lowest BCUT2D eigenvalue weighted by Gasteiger charge is -2.21. The Hall–Kier alpha value is -1.13. The van der Waals surface area contributed by atoms with E-state index in [2.05, 4.69) is 4.90 Å². The minimum Gasteiger partial charge on any atom is -0.508 e. The fourth-order valence-electron chi connectivity index (χ4n) is 2.66. The summed E-state index contributed by atoms with van der Waals surface area (Å²) in [7, 11) is 1.97. The lowest BCUT2D eigenvalue weighted by Crippen LogP contribution is -2.21. The van der Waals surface area contributed by atoms with Crippen LogP contribution in [-0.2, 0) is 0 Å². The Labute approximate surface area is 101 Å². The number of hydrogen-bond donors (Lipinski definition) is 2. The monoisotopic (exact) mass is 238 g/mol. The summed E-state index contributed by atoms with van der Waals surface area (Å²) in [6, 6.07) is 3.01. The molecular formula is C13H19FN2O. The van der Waals surface area contributed by atoms with Crippen molar-refractivity contribution in [1.29, 1.82) is 0 Å². The number of nitrogens with zero attached hydrogens (tertiary/aromatic N) is 1. The Morgan fingerprint density at radius 3 is 2.82 bits per heavy atom. The molecule has 1 saturated heterocycles. The summed E-state index contributed by atoms with van der Waals surface area (Å²) >= 11 is 0. The zero-order valence-electron chi connectivity index (χ0n) is 10.3. The van der Waals surface area contributed by atoms with Gasteiger partial charge < -0.3 is 10.8 Å². The van der Waals surface area contributed by atoms with Gasteiger partial charge in [-0.05, 0) is 50.6 Å². The van der Waals surface area contributed by atoms with Crippen LogP contribution in [0.2, 0.25) is 0 Å². The number of likely N-dealkylation sites (tertiary alicyclic amines) is 1. The summed E-state index contributed by atoms with van der Waals surface area (Å²) in [6.45, 7) is 3.18. The summed E-state index contributed by atoms with van der Waals surface area (Å²) < 4.78 is 14.1. The molecule has 1 fully saturated rings. The van der Waals surface area contributed by atoms with Crippen LogP contribution in [0.25, 0.3) is 0 Å². The lowest BCUT2D eigenvalue weighted by atomic mass is 9.97. The smallest absolute Gasteiger partial charge is 0.131 e. The summed E-state index contributed by atoms with van der Waals surface area (Å²) in [5, 5.41) is 9.58. The minimum atomic E-state index is -0.211. The lowest BCUT2D eigenvalue weighted by molar-refractivity contribution is 0.305. The van der Waals surface area contributed by atoms with Crippen molar-refractivity contribution in [2.24, 2.45) is 11.7 Å². The molecular weight excluding hydrogens is 219 g/mol. The van der Waals surface area contributed by atoms with Crippen LogP contribution in [0.1, 0.15) is 23.6 Å². The van der Waals surface area contributed by atoms with Crippen molar-refractivity contribution >= 4 is 0 Å². The van der Waals surface area contributed by atoms with Gasteiger partial charge in [0.15, 0.2) is 0 Å². The van der Waals surface area contributed by atoms with Crippen molar-refractivity contribution in [3.05, 3.63) is 29.1 Å². The molecule has 2 rings (SSSR count). The summed E-state index contributed by atoms with van der Waals surface area (Å²) in [4.78, 5) is 2.11. The molecule has 0 radical (unpaired) electrons. The number of halogens is 1. The second kappa shape index (κ2) is 4.63. The second-order valence-electron chi connectivity index (χ2n) is 4.96. The van der Waals surface area contributed by atoms with Gasteiger partial charge in [0, 0.05) is 18.2 Å². The maximum Gasteiger partial charge on any atom is 0.131 e. The van der Waals surface area contributed by atoms with E-state index in [-0.39, 0.29) is 17.6 Å². The van der Waals surface area contributed by atoms with E-state index < -0.39 is 0 Å². The van der Waals surface area contributed by atoms with Gasteiger partial charge in [0.1, 0.15) is 11.6 Å². The third-order valence-electron chi connectivity index (χ3n) is 3.59. The number of phenolic OH excluding ortho intramolecular Hbond substituents is 1. The van der Waals surface area contributed by atoms with Crippen LogP contribution >= 0.6 is 0 Å². The van der Waals surface area contributed by atoms with Gasteiger partial charge in [-0.2, -0.15) is 0 Å². The average Bonchev–Trinajstić information content (AvgIpc) is 2.65. The zero-order chi connectivity index (χ0) is 12.6. The number of aromatic hydroxyl groups is 1. The number of nitrogens with two attached hydrogens (primary N) is 1. The number of benzene rings is 1. The van der Waals surface area contributed by atoms with Gasteiger partial charge >= 0.3 is 0 Å². The zero-order valence-corrected chi connectivity index (χ0v) is 10.3. The Bertz CT molecular complexity index is 422. The Morgan fingerprint density at radius 1 is 1.53 bits per heavy atom. The molecule has 0 bridgehead atoms. The highest BCUT2D eigenvalue weighted by molar-refractivity contribution is 5.36. The molecule has 1 aromatic carbocycles. The summed E-state index contributed by atoms with van der Waals surface area (Å²) in [5.74, 6) is 0.327. The fraction of sp³-hybridized carbons (Fsp3) is 0.538. The van der Waals surface area contributed by atoms with Gasteiger partial charge in [-0.3, -0.25) is 4.90 Å². The Balaban J connectivity index is 2.34. The molecule has 17 heavy (non-hydrogen) atoms. The molecule has 1 aliphatic heterocycles. The SMILES string of the molecule is Cc1cc(O)cc(C2CC(CN)CN2C)c1F. The van der Waals surface area contributed by atoms with E-state index in [1.54, 1.807) is 6.92 Å². The largest absolute Gasteiger partial charge is 0.508 e. The van der Waals surface area contributed by atoms with E-state index in [0.29, 0.717) is 23.6 Å². The van der Waals surface area contributed by atoms with Crippen molar-refractivity contribution in [3.63, 3.8) is 0 Å². The van der Waals surface area contributed by atoms with Crippen LogP contribution in [-0.4, -0.2) is 30.1 Å². The van der Waals surface area contributed by atoms with Crippen molar-refractivity contribution in [2.45, 2.75) is 19.4 Å². The quantitative estimate of drug-likeness (QED) is 0.826. The maximum atomic E-state index is 14.1. The Morgan fingerprint density at radius 2 is 2.24 bits per heavy atom. The highest BCUT2D eigenvalue weighted by Gasteiger charge is 2.32. The van der Waals surface area contributed by atoms with Crippen molar-refractivity contribution in [3.8, 4) is 5.75 Å². The van der Waals surface area contributed by atoms with Gasteiger partial charge in [-0.15, -0.1) is 0 Å². The van der Waals surface area contributed by atoms with Crippen LogP contribution in [0.3, 0.4) is 0 Å². The van der Waals surface area contributed by atoms with E-state index >= 15 is 0 Å². The third-order valence-corrected chi connectivity index (χ3v) is 3.59. The molecule has 94 valence electrons. The Kier molecular flexibility index (Phi) is 3.35. The molecule has 1 aliphatic rings. The highest BCUT2D eigenvalue weighted by atomic mass is 19.1. The van der Waals surface area contributed by atoms with Crippen LogP contribution in [0, 0.1) is 18.7 Å². The van der Waals surface area contributed by atoms with Crippen LogP contribution in [0.15, 0.2) is 12.1 Å². The molecule has 0 saturated carbocycles. The van der Waals surface area contributed by atoms with Gasteiger partial charge in [-0.25, -0.2) is 4.39 Å². The number of rotatable bonds is 2. The van der Waals surface area contributed by atoms with E-state index in [0.717, 1.165) is 13.0 Å². The van der Waals surface area contributed by atoms with E-state index in [1.807, 2.05) is 7.05 Å². The van der Waals surface area contributed by atoms with Crippen molar-refractivity contribution < 1.29 is 9.50 Å². The van der Waals surface area contributed by atoms with E-state index in [4.69, 9.17) is 5.73 Å². The number of aryl methyl sites for hydroxylation is 1. The minimum absolute atomic E-state index is 0.0225. The third kappa shape index (κ3) is 2.28. The van der Waals surface area contributed by atoms with Gasteiger partial charge in [-0.1, -0.05) is 0 Å². The maximum absolute atomic E-state index is 14.1. The predicted octanol–water partition coefficient (Wildman–Crippen LogP) is 1.79. The molecule has 2 atom stereocenters.